The number of nitrogens with one attached hydrogen (secondary N) is 1. The average Bonchev–Trinajstić information content (AvgIpc) is 2.54. The smallest absolute Gasteiger partial charge is 0.269 e. The third-order valence-corrected chi connectivity index (χ3v) is 3.98. The lowest BCUT2D eigenvalue weighted by Crippen LogP contribution is -2.26. The summed E-state index contributed by atoms with van der Waals surface area (Å²) in [6, 6.07) is 10.8. The van der Waals surface area contributed by atoms with Gasteiger partial charge < -0.3 is 10.1 Å². The van der Waals surface area contributed by atoms with E-state index in [0.717, 1.165) is 10.0 Å². The Bertz CT molecular complexity index is 731. The molecule has 0 radical (unpaired) electrons. The molecule has 0 heterocycles. The van der Waals surface area contributed by atoms with Crippen LogP contribution in [0.4, 0.5) is 5.69 Å². The van der Waals surface area contributed by atoms with E-state index in [0.29, 0.717) is 11.3 Å². The lowest BCUT2D eigenvalue weighted by molar-refractivity contribution is -0.384. The van der Waals surface area contributed by atoms with E-state index in [1.807, 2.05) is 25.1 Å². The van der Waals surface area contributed by atoms with E-state index >= 15 is 0 Å². The largest absolute Gasteiger partial charge is 0.496 e. The van der Waals surface area contributed by atoms with Crippen LogP contribution in [0.1, 0.15) is 28.9 Å². The third-order valence-electron chi connectivity index (χ3n) is 3.36. The molecule has 0 bridgehead atoms. The molecule has 120 valence electrons. The van der Waals surface area contributed by atoms with Crippen LogP contribution in [0.5, 0.6) is 5.75 Å². The highest BCUT2D eigenvalue weighted by molar-refractivity contribution is 9.10. The fourth-order valence-corrected chi connectivity index (χ4v) is 2.61. The Morgan fingerprint density at radius 1 is 1.26 bits per heavy atom. The van der Waals surface area contributed by atoms with Gasteiger partial charge in [-0.3, -0.25) is 14.9 Å². The van der Waals surface area contributed by atoms with Gasteiger partial charge in [-0.1, -0.05) is 6.07 Å². The van der Waals surface area contributed by atoms with Gasteiger partial charge >= 0.3 is 0 Å². The molecular weight excluding hydrogens is 364 g/mol. The van der Waals surface area contributed by atoms with Crippen molar-refractivity contribution in [3.8, 4) is 5.75 Å². The zero-order chi connectivity index (χ0) is 17.0. The Hall–Kier alpha value is -2.41. The van der Waals surface area contributed by atoms with Crippen LogP contribution in [-0.4, -0.2) is 17.9 Å². The number of carbonyl (C=O) groups excluding carboxylic acids is 1. The van der Waals surface area contributed by atoms with Crippen LogP contribution in [0.15, 0.2) is 46.9 Å². The van der Waals surface area contributed by atoms with Gasteiger partial charge in [-0.2, -0.15) is 0 Å². The normalized spacial score (nSPS) is 11.6. The summed E-state index contributed by atoms with van der Waals surface area (Å²) in [5.74, 6) is 0.419. The van der Waals surface area contributed by atoms with Crippen molar-refractivity contribution in [1.82, 2.24) is 5.32 Å². The molecule has 0 saturated carbocycles. The average molecular weight is 379 g/mol. The fourth-order valence-electron chi connectivity index (χ4n) is 2.05. The second-order valence-corrected chi connectivity index (χ2v) is 5.75. The van der Waals surface area contributed by atoms with Gasteiger partial charge in [-0.15, -0.1) is 0 Å². The molecule has 2 aromatic carbocycles. The lowest BCUT2D eigenvalue weighted by atomic mass is 10.1. The number of non-ortho nitro benzene ring substituents is 1. The Kier molecular flexibility index (Phi) is 5.33. The minimum Gasteiger partial charge on any atom is -0.496 e. The van der Waals surface area contributed by atoms with Gasteiger partial charge in [0.25, 0.3) is 11.6 Å². The first kappa shape index (κ1) is 17.0. The van der Waals surface area contributed by atoms with Crippen molar-refractivity contribution >= 4 is 27.5 Å². The number of rotatable bonds is 5. The standard InChI is InChI=1S/C16H15BrN2O4/c1-10(12-5-8-15(23-2)14(17)9-12)18-16(20)11-3-6-13(7-4-11)19(21)22/h3-10H,1-2H3,(H,18,20)/t10-/m0/s1. The zero-order valence-electron chi connectivity index (χ0n) is 12.6. The molecule has 1 atom stereocenters. The van der Waals surface area contributed by atoms with E-state index in [1.165, 1.54) is 24.3 Å². The van der Waals surface area contributed by atoms with Crippen molar-refractivity contribution in [2.45, 2.75) is 13.0 Å². The number of halogens is 1. The van der Waals surface area contributed by atoms with Crippen molar-refractivity contribution in [3.05, 3.63) is 68.2 Å². The van der Waals surface area contributed by atoms with Gasteiger partial charge in [0.05, 0.1) is 22.5 Å². The number of benzene rings is 2. The van der Waals surface area contributed by atoms with Gasteiger partial charge in [0, 0.05) is 17.7 Å². The molecule has 1 N–H and O–H groups in total. The van der Waals surface area contributed by atoms with E-state index in [-0.39, 0.29) is 17.6 Å². The van der Waals surface area contributed by atoms with Gasteiger partial charge in [0.1, 0.15) is 5.75 Å². The predicted octanol–water partition coefficient (Wildman–Crippen LogP) is 3.86. The number of methoxy groups -OCH3 is 1. The SMILES string of the molecule is COc1ccc([C@H](C)NC(=O)c2ccc([N+](=O)[O-])cc2)cc1Br. The molecule has 23 heavy (non-hydrogen) atoms. The number of amides is 1. The highest BCUT2D eigenvalue weighted by atomic mass is 79.9. The summed E-state index contributed by atoms with van der Waals surface area (Å²) in [4.78, 5) is 22.3. The van der Waals surface area contributed by atoms with Gasteiger partial charge in [-0.05, 0) is 52.7 Å². The molecule has 0 spiro atoms. The minimum absolute atomic E-state index is 0.0475. The summed E-state index contributed by atoms with van der Waals surface area (Å²) in [7, 11) is 1.58. The molecule has 2 rings (SSSR count). The Balaban J connectivity index is 2.09. The van der Waals surface area contributed by atoms with Gasteiger partial charge in [0.15, 0.2) is 0 Å². The van der Waals surface area contributed by atoms with Crippen LogP contribution in [0.25, 0.3) is 0 Å². The highest BCUT2D eigenvalue weighted by Gasteiger charge is 2.14. The molecule has 7 heteroatoms. The van der Waals surface area contributed by atoms with Gasteiger partial charge in [-0.25, -0.2) is 0 Å². The summed E-state index contributed by atoms with van der Waals surface area (Å²) >= 11 is 3.41. The third kappa shape index (κ3) is 4.07. The molecule has 2 aromatic rings. The van der Waals surface area contributed by atoms with Crippen LogP contribution in [0, 0.1) is 10.1 Å². The van der Waals surface area contributed by atoms with Crippen LogP contribution in [0.3, 0.4) is 0 Å². The molecule has 0 aliphatic heterocycles. The lowest BCUT2D eigenvalue weighted by Gasteiger charge is -2.15. The van der Waals surface area contributed by atoms with E-state index < -0.39 is 4.92 Å². The van der Waals surface area contributed by atoms with Crippen molar-refractivity contribution in [2.75, 3.05) is 7.11 Å². The monoisotopic (exact) mass is 378 g/mol. The van der Waals surface area contributed by atoms with Crippen molar-refractivity contribution in [2.24, 2.45) is 0 Å². The predicted molar refractivity (Wildman–Crippen MR) is 89.7 cm³/mol. The second-order valence-electron chi connectivity index (χ2n) is 4.89. The van der Waals surface area contributed by atoms with Gasteiger partial charge in [0.2, 0.25) is 0 Å². The number of carbonyl (C=O) groups is 1. The number of nitrogens with zero attached hydrogens (tertiary/aromatic N) is 1. The van der Waals surface area contributed by atoms with Crippen LogP contribution < -0.4 is 10.1 Å². The van der Waals surface area contributed by atoms with E-state index in [4.69, 9.17) is 4.74 Å². The molecule has 0 aliphatic rings. The maximum Gasteiger partial charge on any atom is 0.269 e. The maximum absolute atomic E-state index is 12.2. The Labute approximate surface area is 141 Å². The molecule has 0 fully saturated rings. The summed E-state index contributed by atoms with van der Waals surface area (Å²) in [6.07, 6.45) is 0. The van der Waals surface area contributed by atoms with E-state index in [1.54, 1.807) is 7.11 Å². The van der Waals surface area contributed by atoms with Crippen LogP contribution in [0.2, 0.25) is 0 Å². The number of hydrogen-bond acceptors (Lipinski definition) is 4. The van der Waals surface area contributed by atoms with Crippen molar-refractivity contribution in [3.63, 3.8) is 0 Å². The topological polar surface area (TPSA) is 81.5 Å². The summed E-state index contributed by atoms with van der Waals surface area (Å²) in [5, 5.41) is 13.5. The molecule has 1 amide bonds. The van der Waals surface area contributed by atoms with Crippen LogP contribution in [-0.2, 0) is 0 Å². The van der Waals surface area contributed by atoms with Crippen LogP contribution >= 0.6 is 15.9 Å². The van der Waals surface area contributed by atoms with E-state index in [9.17, 15) is 14.9 Å². The number of nitro benzene ring substituents is 1. The first-order chi connectivity index (χ1) is 10.9. The first-order valence-electron chi connectivity index (χ1n) is 6.81. The second kappa shape index (κ2) is 7.23. The fraction of sp³-hybridized carbons (Fsp3) is 0.188. The Morgan fingerprint density at radius 3 is 2.43 bits per heavy atom. The molecule has 0 aliphatic carbocycles. The summed E-state index contributed by atoms with van der Waals surface area (Å²) in [5.41, 5.74) is 1.23. The maximum atomic E-state index is 12.2. The highest BCUT2D eigenvalue weighted by Crippen LogP contribution is 2.28. The quantitative estimate of drug-likeness (QED) is 0.632. The minimum atomic E-state index is -0.501. The van der Waals surface area contributed by atoms with Crippen molar-refractivity contribution < 1.29 is 14.5 Å². The molecule has 6 nitrogen and oxygen atoms in total. The Morgan fingerprint density at radius 2 is 1.91 bits per heavy atom. The van der Waals surface area contributed by atoms with E-state index in [2.05, 4.69) is 21.2 Å². The molecule has 0 unspecified atom stereocenters. The number of hydrogen-bond donors (Lipinski definition) is 1. The zero-order valence-corrected chi connectivity index (χ0v) is 14.2. The number of nitro groups is 1. The molecular formula is C16H15BrN2O4. The van der Waals surface area contributed by atoms with Crippen molar-refractivity contribution in [1.29, 1.82) is 0 Å². The summed E-state index contributed by atoms with van der Waals surface area (Å²) < 4.78 is 5.97. The number of ether oxygens (including phenoxy) is 1. The first-order valence-corrected chi connectivity index (χ1v) is 7.60. The molecule has 0 aromatic heterocycles. The molecule has 0 saturated heterocycles. The summed E-state index contributed by atoms with van der Waals surface area (Å²) in [6.45, 7) is 1.86.